The summed E-state index contributed by atoms with van der Waals surface area (Å²) in [5.74, 6) is -0.204. The summed E-state index contributed by atoms with van der Waals surface area (Å²) >= 11 is 1.53. The summed E-state index contributed by atoms with van der Waals surface area (Å²) in [5.41, 5.74) is 5.74. The molecule has 7 nitrogen and oxygen atoms in total. The Bertz CT molecular complexity index is 1000. The highest BCUT2D eigenvalue weighted by Crippen LogP contribution is 2.25. The molecule has 2 aromatic heterocycles. The molecule has 4 rings (SSSR count). The molecular formula is C18H16N4O3S. The Morgan fingerprint density at radius 2 is 2.19 bits per heavy atom. The SMILES string of the molecule is COC(=O)N1CCc2c(cncc2C(=O)Nc2ccc3ncsc3c2)C1. The number of hydrogen-bond donors (Lipinski definition) is 1. The Kier molecular flexibility index (Phi) is 4.26. The molecule has 0 atom stereocenters. The van der Waals surface area contributed by atoms with Crippen LogP contribution in [0.3, 0.4) is 0 Å². The number of pyridine rings is 1. The highest BCUT2D eigenvalue weighted by Gasteiger charge is 2.25. The topological polar surface area (TPSA) is 84.4 Å². The minimum absolute atomic E-state index is 0.204. The molecule has 8 heteroatoms. The van der Waals surface area contributed by atoms with E-state index in [2.05, 4.69) is 15.3 Å². The molecule has 1 N–H and O–H groups in total. The predicted octanol–water partition coefficient (Wildman–Crippen LogP) is 3.07. The maximum Gasteiger partial charge on any atom is 0.409 e. The second-order valence-electron chi connectivity index (χ2n) is 5.96. The van der Waals surface area contributed by atoms with Gasteiger partial charge in [0.05, 0.1) is 34.9 Å². The van der Waals surface area contributed by atoms with E-state index in [1.165, 1.54) is 18.4 Å². The number of benzene rings is 1. The number of nitrogens with zero attached hydrogens (tertiary/aromatic N) is 3. The highest BCUT2D eigenvalue weighted by atomic mass is 32.1. The first-order valence-corrected chi connectivity index (χ1v) is 8.97. The van der Waals surface area contributed by atoms with Crippen LogP contribution in [0.4, 0.5) is 10.5 Å². The molecule has 0 saturated carbocycles. The third-order valence-electron chi connectivity index (χ3n) is 4.41. The van der Waals surface area contributed by atoms with Crippen molar-refractivity contribution in [3.63, 3.8) is 0 Å². The van der Waals surface area contributed by atoms with Crippen LogP contribution in [0.2, 0.25) is 0 Å². The van der Waals surface area contributed by atoms with Crippen molar-refractivity contribution in [2.24, 2.45) is 0 Å². The molecule has 1 aliphatic heterocycles. The maximum atomic E-state index is 12.8. The van der Waals surface area contributed by atoms with Crippen LogP contribution in [0.5, 0.6) is 0 Å². The van der Waals surface area contributed by atoms with E-state index in [9.17, 15) is 9.59 Å². The molecule has 3 aromatic rings. The number of methoxy groups -OCH3 is 1. The Balaban J connectivity index is 1.58. The quantitative estimate of drug-likeness (QED) is 0.751. The second-order valence-corrected chi connectivity index (χ2v) is 6.84. The number of carbonyl (C=O) groups excluding carboxylic acids is 2. The van der Waals surface area contributed by atoms with Gasteiger partial charge in [0.25, 0.3) is 5.91 Å². The summed E-state index contributed by atoms with van der Waals surface area (Å²) in [6.07, 6.45) is 3.49. The van der Waals surface area contributed by atoms with E-state index in [1.54, 1.807) is 22.8 Å². The number of carbonyl (C=O) groups is 2. The number of aromatic nitrogens is 2. The molecule has 2 amide bonds. The minimum Gasteiger partial charge on any atom is -0.453 e. The van der Waals surface area contributed by atoms with Crippen molar-refractivity contribution in [1.29, 1.82) is 0 Å². The van der Waals surface area contributed by atoms with E-state index in [4.69, 9.17) is 4.74 Å². The fourth-order valence-electron chi connectivity index (χ4n) is 3.11. The third-order valence-corrected chi connectivity index (χ3v) is 5.20. The minimum atomic E-state index is -0.372. The summed E-state index contributed by atoms with van der Waals surface area (Å²) in [4.78, 5) is 34.5. The lowest BCUT2D eigenvalue weighted by Crippen LogP contribution is -2.36. The molecule has 0 spiro atoms. The summed E-state index contributed by atoms with van der Waals surface area (Å²) in [6.45, 7) is 0.903. The van der Waals surface area contributed by atoms with E-state index in [1.807, 2.05) is 18.2 Å². The Morgan fingerprint density at radius 1 is 1.31 bits per heavy atom. The average Bonchev–Trinajstić information content (AvgIpc) is 3.14. The number of ether oxygens (including phenoxy) is 1. The summed E-state index contributed by atoms with van der Waals surface area (Å²) in [5, 5.41) is 2.93. The normalized spacial score (nSPS) is 13.3. The van der Waals surface area contributed by atoms with Gasteiger partial charge in [0.15, 0.2) is 0 Å². The zero-order valence-electron chi connectivity index (χ0n) is 14.1. The largest absolute Gasteiger partial charge is 0.453 e. The van der Waals surface area contributed by atoms with Crippen LogP contribution in [0.1, 0.15) is 21.5 Å². The molecule has 0 radical (unpaired) electrons. The number of rotatable bonds is 2. The van der Waals surface area contributed by atoms with Crippen LogP contribution in [0, 0.1) is 0 Å². The number of anilines is 1. The zero-order valence-corrected chi connectivity index (χ0v) is 14.9. The van der Waals surface area contributed by atoms with Crippen molar-refractivity contribution in [3.05, 3.63) is 52.8 Å². The van der Waals surface area contributed by atoms with Gasteiger partial charge in [-0.15, -0.1) is 11.3 Å². The van der Waals surface area contributed by atoms with Crippen molar-refractivity contribution >= 4 is 39.2 Å². The van der Waals surface area contributed by atoms with Crippen molar-refractivity contribution in [2.75, 3.05) is 19.0 Å². The molecule has 0 saturated heterocycles. The Hall–Kier alpha value is -3.00. The van der Waals surface area contributed by atoms with Crippen molar-refractivity contribution in [3.8, 4) is 0 Å². The van der Waals surface area contributed by atoms with Gasteiger partial charge in [0.1, 0.15) is 0 Å². The van der Waals surface area contributed by atoms with Gasteiger partial charge in [-0.3, -0.25) is 9.78 Å². The monoisotopic (exact) mass is 368 g/mol. The van der Waals surface area contributed by atoms with Gasteiger partial charge in [0.2, 0.25) is 0 Å². The van der Waals surface area contributed by atoms with E-state index in [0.29, 0.717) is 25.1 Å². The van der Waals surface area contributed by atoms with Crippen LogP contribution in [0.15, 0.2) is 36.1 Å². The molecular weight excluding hydrogens is 352 g/mol. The van der Waals surface area contributed by atoms with E-state index < -0.39 is 0 Å². The van der Waals surface area contributed by atoms with Crippen molar-refractivity contribution in [1.82, 2.24) is 14.9 Å². The van der Waals surface area contributed by atoms with Crippen LogP contribution in [-0.2, 0) is 17.7 Å². The summed E-state index contributed by atoms with van der Waals surface area (Å²) < 4.78 is 5.79. The van der Waals surface area contributed by atoms with E-state index in [0.717, 1.165) is 27.0 Å². The molecule has 0 unspecified atom stereocenters. The van der Waals surface area contributed by atoms with Crippen molar-refractivity contribution < 1.29 is 14.3 Å². The van der Waals surface area contributed by atoms with Gasteiger partial charge < -0.3 is 15.0 Å². The molecule has 3 heterocycles. The fourth-order valence-corrected chi connectivity index (χ4v) is 3.82. The van der Waals surface area contributed by atoms with Crippen molar-refractivity contribution in [2.45, 2.75) is 13.0 Å². The number of nitrogens with one attached hydrogen (secondary N) is 1. The second kappa shape index (κ2) is 6.72. The summed E-state index contributed by atoms with van der Waals surface area (Å²) in [7, 11) is 1.36. The lowest BCUT2D eigenvalue weighted by atomic mass is 9.97. The average molecular weight is 368 g/mol. The Morgan fingerprint density at radius 3 is 3.04 bits per heavy atom. The maximum absolute atomic E-state index is 12.8. The number of thiazole rings is 1. The van der Waals surface area contributed by atoms with Gasteiger partial charge >= 0.3 is 6.09 Å². The first-order chi connectivity index (χ1) is 12.7. The van der Waals surface area contributed by atoms with Gasteiger partial charge in [-0.05, 0) is 35.7 Å². The first kappa shape index (κ1) is 16.5. The first-order valence-electron chi connectivity index (χ1n) is 8.09. The molecule has 132 valence electrons. The zero-order chi connectivity index (χ0) is 18.1. The van der Waals surface area contributed by atoms with Gasteiger partial charge in [-0.25, -0.2) is 9.78 Å². The van der Waals surface area contributed by atoms with Crippen LogP contribution < -0.4 is 5.32 Å². The van der Waals surface area contributed by atoms with Crippen LogP contribution in [0.25, 0.3) is 10.2 Å². The molecule has 1 aliphatic rings. The predicted molar refractivity (Wildman–Crippen MR) is 98.3 cm³/mol. The smallest absolute Gasteiger partial charge is 0.409 e. The lowest BCUT2D eigenvalue weighted by Gasteiger charge is -2.28. The lowest BCUT2D eigenvalue weighted by molar-refractivity contribution is 0.102. The standard InChI is InChI=1S/C18H16N4O3S/c1-25-18(24)22-5-4-13-11(9-22)7-19-8-14(13)17(23)21-12-2-3-15-16(6-12)26-10-20-15/h2-3,6-8,10H,4-5,9H2,1H3,(H,21,23). The highest BCUT2D eigenvalue weighted by molar-refractivity contribution is 7.16. The number of hydrogen-bond acceptors (Lipinski definition) is 6. The fraction of sp³-hybridized carbons (Fsp3) is 0.222. The molecule has 0 fully saturated rings. The van der Waals surface area contributed by atoms with Gasteiger partial charge in [0, 0.05) is 24.6 Å². The van der Waals surface area contributed by atoms with Gasteiger partial charge in [-0.1, -0.05) is 0 Å². The van der Waals surface area contributed by atoms with Gasteiger partial charge in [-0.2, -0.15) is 0 Å². The van der Waals surface area contributed by atoms with Crippen LogP contribution >= 0.6 is 11.3 Å². The number of amides is 2. The van der Waals surface area contributed by atoms with E-state index in [-0.39, 0.29) is 12.0 Å². The third kappa shape index (κ3) is 2.99. The molecule has 26 heavy (non-hydrogen) atoms. The Labute approximate surface area is 153 Å². The number of fused-ring (bicyclic) bond motifs is 2. The molecule has 0 aliphatic carbocycles. The molecule has 0 bridgehead atoms. The summed E-state index contributed by atoms with van der Waals surface area (Å²) in [6, 6.07) is 5.63. The molecule has 1 aromatic carbocycles. The van der Waals surface area contributed by atoms with E-state index >= 15 is 0 Å². The van der Waals surface area contributed by atoms with Crippen LogP contribution in [-0.4, -0.2) is 40.5 Å².